The Labute approximate surface area is 156 Å². The highest BCUT2D eigenvalue weighted by atomic mass is 19.2. The van der Waals surface area contributed by atoms with Gasteiger partial charge in [0.1, 0.15) is 0 Å². The number of anilines is 1. The normalized spacial score (nSPS) is 15.4. The predicted octanol–water partition coefficient (Wildman–Crippen LogP) is 3.98. The van der Waals surface area contributed by atoms with Gasteiger partial charge in [0.2, 0.25) is 11.8 Å². The molecule has 140 valence electrons. The van der Waals surface area contributed by atoms with E-state index in [9.17, 15) is 18.4 Å². The Kier molecular flexibility index (Phi) is 5.64. The second-order valence-corrected chi connectivity index (χ2v) is 6.48. The Hall–Kier alpha value is -3.02. The smallest absolute Gasteiger partial charge is 0.244 e. The molecule has 27 heavy (non-hydrogen) atoms. The third-order valence-corrected chi connectivity index (χ3v) is 4.51. The van der Waals surface area contributed by atoms with E-state index in [1.807, 2.05) is 24.3 Å². The maximum Gasteiger partial charge on any atom is 0.244 e. The summed E-state index contributed by atoms with van der Waals surface area (Å²) in [7, 11) is 0. The molecule has 1 aliphatic heterocycles. The number of halogens is 2. The molecule has 1 atom stereocenters. The van der Waals surface area contributed by atoms with Gasteiger partial charge in [-0.2, -0.15) is 0 Å². The quantitative estimate of drug-likeness (QED) is 0.810. The second-order valence-electron chi connectivity index (χ2n) is 6.48. The minimum atomic E-state index is -0.944. The summed E-state index contributed by atoms with van der Waals surface area (Å²) in [4.78, 5) is 25.6. The van der Waals surface area contributed by atoms with Gasteiger partial charge in [0.15, 0.2) is 11.6 Å². The van der Waals surface area contributed by atoms with E-state index in [1.54, 1.807) is 17.9 Å². The summed E-state index contributed by atoms with van der Waals surface area (Å²) in [5, 5.41) is 2.71. The molecule has 0 radical (unpaired) electrons. The Bertz CT molecular complexity index is 878. The van der Waals surface area contributed by atoms with E-state index in [0.29, 0.717) is 12.0 Å². The van der Waals surface area contributed by atoms with Crippen LogP contribution in [0.1, 0.15) is 36.9 Å². The van der Waals surface area contributed by atoms with Gasteiger partial charge in [0.25, 0.3) is 0 Å². The van der Waals surface area contributed by atoms with Crippen molar-refractivity contribution >= 4 is 23.6 Å². The van der Waals surface area contributed by atoms with Gasteiger partial charge in [0, 0.05) is 24.7 Å². The number of amides is 2. The highest BCUT2D eigenvalue weighted by molar-refractivity contribution is 5.95. The summed E-state index contributed by atoms with van der Waals surface area (Å²) >= 11 is 0. The molecule has 6 heteroatoms. The molecule has 1 fully saturated rings. The van der Waals surface area contributed by atoms with Gasteiger partial charge in [-0.25, -0.2) is 8.78 Å². The molecule has 0 saturated carbocycles. The zero-order valence-electron chi connectivity index (χ0n) is 14.9. The molecule has 1 aliphatic rings. The monoisotopic (exact) mass is 370 g/mol. The van der Waals surface area contributed by atoms with E-state index < -0.39 is 17.7 Å². The fourth-order valence-electron chi connectivity index (χ4n) is 2.98. The van der Waals surface area contributed by atoms with E-state index in [0.717, 1.165) is 36.3 Å². The first kappa shape index (κ1) is 18.8. The van der Waals surface area contributed by atoms with Crippen molar-refractivity contribution in [2.24, 2.45) is 0 Å². The number of carbonyl (C=O) groups excluding carboxylic acids is 2. The molecule has 3 rings (SSSR count). The highest BCUT2D eigenvalue weighted by Crippen LogP contribution is 2.22. The Morgan fingerprint density at radius 1 is 1.15 bits per heavy atom. The van der Waals surface area contributed by atoms with Crippen molar-refractivity contribution in [1.82, 2.24) is 5.32 Å². The van der Waals surface area contributed by atoms with Crippen LogP contribution in [0.3, 0.4) is 0 Å². The summed E-state index contributed by atoms with van der Waals surface area (Å²) < 4.78 is 26.3. The van der Waals surface area contributed by atoms with Crippen molar-refractivity contribution in [2.75, 3.05) is 11.4 Å². The number of benzene rings is 2. The zero-order valence-corrected chi connectivity index (χ0v) is 14.9. The fraction of sp³-hybridized carbons (Fsp3) is 0.238. The lowest BCUT2D eigenvalue weighted by Crippen LogP contribution is -2.24. The van der Waals surface area contributed by atoms with E-state index in [1.165, 1.54) is 12.1 Å². The lowest BCUT2D eigenvalue weighted by molar-refractivity contribution is -0.117. The van der Waals surface area contributed by atoms with Crippen molar-refractivity contribution in [3.8, 4) is 0 Å². The molecule has 4 nitrogen and oxygen atoms in total. The molecule has 0 aromatic heterocycles. The van der Waals surface area contributed by atoms with Gasteiger partial charge in [-0.05, 0) is 54.8 Å². The third kappa shape index (κ3) is 4.58. The van der Waals surface area contributed by atoms with Crippen LogP contribution in [0.5, 0.6) is 0 Å². The van der Waals surface area contributed by atoms with Crippen LogP contribution in [0.15, 0.2) is 48.5 Å². The maximum atomic E-state index is 13.3. The summed E-state index contributed by atoms with van der Waals surface area (Å²) in [6, 6.07) is 10.5. The van der Waals surface area contributed by atoms with Crippen molar-refractivity contribution in [1.29, 1.82) is 0 Å². The van der Waals surface area contributed by atoms with Crippen LogP contribution in [-0.2, 0) is 9.59 Å². The number of nitrogens with zero attached hydrogens (tertiary/aromatic N) is 1. The number of carbonyl (C=O) groups is 2. The Balaban J connectivity index is 1.59. The molecule has 2 aromatic rings. The minimum absolute atomic E-state index is 0.129. The average molecular weight is 370 g/mol. The van der Waals surface area contributed by atoms with Crippen LogP contribution in [0.25, 0.3) is 6.08 Å². The summed E-state index contributed by atoms with van der Waals surface area (Å²) in [5.41, 5.74) is 2.15. The summed E-state index contributed by atoms with van der Waals surface area (Å²) in [5.74, 6) is -2.08. The van der Waals surface area contributed by atoms with Crippen LogP contribution in [0, 0.1) is 11.6 Å². The van der Waals surface area contributed by atoms with Gasteiger partial charge in [-0.3, -0.25) is 9.59 Å². The molecular weight excluding hydrogens is 350 g/mol. The minimum Gasteiger partial charge on any atom is -0.346 e. The van der Waals surface area contributed by atoms with Crippen LogP contribution >= 0.6 is 0 Å². The number of nitrogens with one attached hydrogen (secondary N) is 1. The van der Waals surface area contributed by atoms with Gasteiger partial charge >= 0.3 is 0 Å². The molecule has 1 unspecified atom stereocenters. The molecule has 0 bridgehead atoms. The topological polar surface area (TPSA) is 49.4 Å². The highest BCUT2D eigenvalue weighted by Gasteiger charge is 2.21. The van der Waals surface area contributed by atoms with E-state index >= 15 is 0 Å². The van der Waals surface area contributed by atoms with Crippen molar-refractivity contribution in [2.45, 2.75) is 25.8 Å². The molecule has 1 N–H and O–H groups in total. The first-order valence-corrected chi connectivity index (χ1v) is 8.78. The lowest BCUT2D eigenvalue weighted by Gasteiger charge is -2.15. The predicted molar refractivity (Wildman–Crippen MR) is 100.0 cm³/mol. The zero-order chi connectivity index (χ0) is 19.4. The summed E-state index contributed by atoms with van der Waals surface area (Å²) in [6.07, 6.45) is 4.49. The summed E-state index contributed by atoms with van der Waals surface area (Å²) in [6.45, 7) is 2.43. The fourth-order valence-corrected chi connectivity index (χ4v) is 2.98. The molecule has 2 aromatic carbocycles. The third-order valence-electron chi connectivity index (χ3n) is 4.51. The van der Waals surface area contributed by atoms with Gasteiger partial charge < -0.3 is 10.2 Å². The van der Waals surface area contributed by atoms with Crippen LogP contribution in [-0.4, -0.2) is 18.4 Å². The molecule has 2 amide bonds. The lowest BCUT2D eigenvalue weighted by atomic mass is 10.1. The number of hydrogen-bond donors (Lipinski definition) is 1. The van der Waals surface area contributed by atoms with E-state index in [-0.39, 0.29) is 11.8 Å². The van der Waals surface area contributed by atoms with Gasteiger partial charge in [0.05, 0.1) is 6.04 Å². The van der Waals surface area contributed by atoms with Crippen molar-refractivity contribution in [3.05, 3.63) is 71.3 Å². The standard InChI is InChI=1S/C21H20F2N2O2/c1-14(16-7-10-18(22)19(23)13-16)24-20(26)11-6-15-4-8-17(9-5-15)25-12-2-3-21(25)27/h4-11,13-14H,2-3,12H2,1H3,(H,24,26)/b11-6+. The van der Waals surface area contributed by atoms with Gasteiger partial charge in [-0.15, -0.1) is 0 Å². The molecule has 0 spiro atoms. The first-order valence-electron chi connectivity index (χ1n) is 8.78. The van der Waals surface area contributed by atoms with Crippen LogP contribution < -0.4 is 10.2 Å². The number of rotatable bonds is 5. The molecular formula is C21H20F2N2O2. The maximum absolute atomic E-state index is 13.3. The van der Waals surface area contributed by atoms with E-state index in [4.69, 9.17) is 0 Å². The molecule has 0 aliphatic carbocycles. The van der Waals surface area contributed by atoms with Gasteiger partial charge in [-0.1, -0.05) is 18.2 Å². The van der Waals surface area contributed by atoms with E-state index in [2.05, 4.69) is 5.32 Å². The van der Waals surface area contributed by atoms with Crippen LogP contribution in [0.2, 0.25) is 0 Å². The van der Waals surface area contributed by atoms with Crippen LogP contribution in [0.4, 0.5) is 14.5 Å². The average Bonchev–Trinajstić information content (AvgIpc) is 3.08. The molecule has 1 saturated heterocycles. The Morgan fingerprint density at radius 2 is 1.89 bits per heavy atom. The van der Waals surface area contributed by atoms with Crippen molar-refractivity contribution in [3.63, 3.8) is 0 Å². The number of hydrogen-bond acceptors (Lipinski definition) is 2. The first-order chi connectivity index (χ1) is 12.9. The SMILES string of the molecule is CC(NC(=O)/C=C/c1ccc(N2CCCC2=O)cc1)c1ccc(F)c(F)c1. The second kappa shape index (κ2) is 8.12. The largest absolute Gasteiger partial charge is 0.346 e. The van der Waals surface area contributed by atoms with Crippen molar-refractivity contribution < 1.29 is 18.4 Å². The molecule has 1 heterocycles. The Morgan fingerprint density at radius 3 is 2.52 bits per heavy atom.